The van der Waals surface area contributed by atoms with Crippen molar-refractivity contribution < 1.29 is 37.7 Å². The number of hydrogen-bond donors (Lipinski definition) is 1. The Morgan fingerprint density at radius 3 is 2.60 bits per heavy atom. The molecule has 2 aromatic heterocycles. The van der Waals surface area contributed by atoms with Gasteiger partial charge in [0.1, 0.15) is 23.4 Å². The number of carbonyl (C=O) groups is 3. The standard InChI is InChI=1S/C29H27ClF2N4O6/c1-15(9-25(37)38)41-24-4-3-19(31)12-21(24)17-10-22(32)26(33-13-17)29(40)35-7-5-20(6-8-35)36-23-11-18(30)14-34-27(23)42-16(2)28(36)39/h3-4,10-16,20H,5-9H2,1-2H3,(H,37,38)/t15-,16+/m1/s1. The average Bonchev–Trinajstić information content (AvgIpc) is 2.94. The number of rotatable bonds is 7. The van der Waals surface area contributed by atoms with E-state index in [4.69, 9.17) is 26.2 Å². The molecule has 4 heterocycles. The molecule has 13 heteroatoms. The maximum Gasteiger partial charge on any atom is 0.307 e. The number of carbonyl (C=O) groups excluding carboxylic acids is 2. The molecule has 0 spiro atoms. The van der Waals surface area contributed by atoms with Gasteiger partial charge in [-0.05, 0) is 57.0 Å². The maximum atomic E-state index is 15.3. The fourth-order valence-electron chi connectivity index (χ4n) is 5.14. The number of carboxylic acids is 1. The van der Waals surface area contributed by atoms with E-state index in [1.54, 1.807) is 24.8 Å². The van der Waals surface area contributed by atoms with Crippen LogP contribution in [0.25, 0.3) is 11.1 Å². The minimum atomic E-state index is -1.07. The van der Waals surface area contributed by atoms with E-state index in [0.29, 0.717) is 29.4 Å². The first kappa shape index (κ1) is 29.2. The topological polar surface area (TPSA) is 122 Å². The summed E-state index contributed by atoms with van der Waals surface area (Å²) in [6, 6.07) is 6.03. The summed E-state index contributed by atoms with van der Waals surface area (Å²) in [5.41, 5.74) is 0.396. The highest BCUT2D eigenvalue weighted by Crippen LogP contribution is 2.38. The highest BCUT2D eigenvalue weighted by molar-refractivity contribution is 6.30. The van der Waals surface area contributed by atoms with Crippen molar-refractivity contribution in [1.82, 2.24) is 14.9 Å². The molecule has 2 aliphatic heterocycles. The third-order valence-electron chi connectivity index (χ3n) is 7.14. The summed E-state index contributed by atoms with van der Waals surface area (Å²) in [7, 11) is 0. The minimum Gasteiger partial charge on any atom is -0.489 e. The molecule has 1 aromatic carbocycles. The second-order valence-corrected chi connectivity index (χ2v) is 10.6. The van der Waals surface area contributed by atoms with Crippen LogP contribution in [-0.4, -0.2) is 69.1 Å². The number of ether oxygens (including phenoxy) is 2. The van der Waals surface area contributed by atoms with Gasteiger partial charge >= 0.3 is 5.97 Å². The smallest absolute Gasteiger partial charge is 0.307 e. The first-order valence-electron chi connectivity index (χ1n) is 13.3. The Kier molecular flexibility index (Phi) is 8.26. The van der Waals surface area contributed by atoms with Crippen molar-refractivity contribution in [3.05, 3.63) is 65.1 Å². The van der Waals surface area contributed by atoms with E-state index in [2.05, 4.69) is 9.97 Å². The highest BCUT2D eigenvalue weighted by Gasteiger charge is 2.39. The number of aliphatic carboxylic acids is 1. The number of amides is 2. The number of likely N-dealkylation sites (tertiary alicyclic amines) is 1. The molecular weight excluding hydrogens is 574 g/mol. The van der Waals surface area contributed by atoms with Crippen LogP contribution < -0.4 is 14.4 Å². The fourth-order valence-corrected chi connectivity index (χ4v) is 5.30. The van der Waals surface area contributed by atoms with Gasteiger partial charge in [-0.1, -0.05) is 11.6 Å². The number of fused-ring (bicyclic) bond motifs is 1. The molecule has 0 radical (unpaired) electrons. The van der Waals surface area contributed by atoms with Gasteiger partial charge in [-0.15, -0.1) is 0 Å². The van der Waals surface area contributed by atoms with E-state index in [-0.39, 0.29) is 48.3 Å². The number of benzene rings is 1. The Morgan fingerprint density at radius 1 is 1.17 bits per heavy atom. The van der Waals surface area contributed by atoms with Crippen molar-refractivity contribution in [3.63, 3.8) is 0 Å². The average molecular weight is 601 g/mol. The van der Waals surface area contributed by atoms with Crippen molar-refractivity contribution in [2.24, 2.45) is 0 Å². The van der Waals surface area contributed by atoms with Gasteiger partial charge in [0.25, 0.3) is 11.8 Å². The number of piperidine rings is 1. The molecule has 220 valence electrons. The van der Waals surface area contributed by atoms with Gasteiger partial charge in [-0.2, -0.15) is 0 Å². The Labute approximate surface area is 244 Å². The summed E-state index contributed by atoms with van der Waals surface area (Å²) < 4.78 is 40.6. The maximum absolute atomic E-state index is 15.3. The molecule has 1 N–H and O–H groups in total. The van der Waals surface area contributed by atoms with E-state index in [1.807, 2.05) is 0 Å². The summed E-state index contributed by atoms with van der Waals surface area (Å²) in [4.78, 5) is 48.6. The molecule has 1 saturated heterocycles. The molecule has 0 unspecified atom stereocenters. The first-order valence-corrected chi connectivity index (χ1v) is 13.7. The van der Waals surface area contributed by atoms with Crippen LogP contribution in [0.5, 0.6) is 11.6 Å². The number of nitrogens with zero attached hydrogens (tertiary/aromatic N) is 4. The normalized spacial score (nSPS) is 17.8. The van der Waals surface area contributed by atoms with Gasteiger partial charge in [-0.25, -0.2) is 18.7 Å². The lowest BCUT2D eigenvalue weighted by Crippen LogP contribution is -2.54. The monoisotopic (exact) mass is 600 g/mol. The van der Waals surface area contributed by atoms with Crippen LogP contribution in [0.15, 0.2) is 42.7 Å². The van der Waals surface area contributed by atoms with Crippen molar-refractivity contribution >= 4 is 35.1 Å². The number of aromatic nitrogens is 2. The summed E-state index contributed by atoms with van der Waals surface area (Å²) in [6.45, 7) is 3.68. The summed E-state index contributed by atoms with van der Waals surface area (Å²) in [5.74, 6) is -2.98. The third kappa shape index (κ3) is 5.98. The Morgan fingerprint density at radius 2 is 1.90 bits per heavy atom. The molecule has 1 fully saturated rings. The minimum absolute atomic E-state index is 0.150. The van der Waals surface area contributed by atoms with Crippen molar-refractivity contribution in [3.8, 4) is 22.8 Å². The largest absolute Gasteiger partial charge is 0.489 e. The summed E-state index contributed by atoms with van der Waals surface area (Å²) in [6.07, 6.45) is 1.79. The number of hydrogen-bond acceptors (Lipinski definition) is 7. The summed E-state index contributed by atoms with van der Waals surface area (Å²) >= 11 is 6.12. The van der Waals surface area contributed by atoms with Crippen LogP contribution in [0.3, 0.4) is 0 Å². The Hall–Kier alpha value is -4.32. The number of carboxylic acid groups (broad SMARTS) is 1. The van der Waals surface area contributed by atoms with Crippen LogP contribution in [0, 0.1) is 11.6 Å². The van der Waals surface area contributed by atoms with Gasteiger partial charge in [0.2, 0.25) is 5.88 Å². The van der Waals surface area contributed by atoms with E-state index < -0.39 is 41.4 Å². The van der Waals surface area contributed by atoms with E-state index in [1.165, 1.54) is 23.4 Å². The quantitative estimate of drug-likeness (QED) is 0.413. The predicted molar refractivity (Wildman–Crippen MR) is 148 cm³/mol. The van der Waals surface area contributed by atoms with Gasteiger partial charge < -0.3 is 24.4 Å². The first-order chi connectivity index (χ1) is 20.0. The molecule has 0 aliphatic carbocycles. The number of anilines is 1. The zero-order valence-corrected chi connectivity index (χ0v) is 23.5. The molecule has 5 rings (SSSR count). The van der Waals surface area contributed by atoms with Crippen molar-refractivity contribution in [2.75, 3.05) is 18.0 Å². The Balaban J connectivity index is 1.31. The SMILES string of the molecule is C[C@H](CC(=O)O)Oc1ccc(F)cc1-c1cnc(C(=O)N2CCC(N3C(=O)[C@H](C)Oc4ncc(Cl)cc43)CC2)c(F)c1. The molecule has 2 atom stereocenters. The molecule has 0 bridgehead atoms. The lowest BCUT2D eigenvalue weighted by molar-refractivity contribution is -0.138. The van der Waals surface area contributed by atoms with Crippen LogP contribution >= 0.6 is 11.6 Å². The third-order valence-corrected chi connectivity index (χ3v) is 7.34. The van der Waals surface area contributed by atoms with Crippen LogP contribution in [0.1, 0.15) is 43.6 Å². The molecular formula is C29H27ClF2N4O6. The zero-order chi connectivity index (χ0) is 30.1. The molecule has 2 aliphatic rings. The molecule has 42 heavy (non-hydrogen) atoms. The molecule has 2 amide bonds. The highest BCUT2D eigenvalue weighted by atomic mass is 35.5. The summed E-state index contributed by atoms with van der Waals surface area (Å²) in [5, 5.41) is 9.36. The van der Waals surface area contributed by atoms with Crippen LogP contribution in [0.4, 0.5) is 14.5 Å². The van der Waals surface area contributed by atoms with Gasteiger partial charge in [-0.3, -0.25) is 14.4 Å². The second-order valence-electron chi connectivity index (χ2n) is 10.2. The lowest BCUT2D eigenvalue weighted by atomic mass is 10.00. The zero-order valence-electron chi connectivity index (χ0n) is 22.7. The van der Waals surface area contributed by atoms with E-state index in [9.17, 15) is 18.8 Å². The molecule has 3 aromatic rings. The van der Waals surface area contributed by atoms with Gasteiger partial charge in [0.15, 0.2) is 17.6 Å². The van der Waals surface area contributed by atoms with Gasteiger partial charge in [0, 0.05) is 42.7 Å². The van der Waals surface area contributed by atoms with Crippen molar-refractivity contribution in [2.45, 2.75) is 51.4 Å². The van der Waals surface area contributed by atoms with Crippen LogP contribution in [0.2, 0.25) is 5.02 Å². The predicted octanol–water partition coefficient (Wildman–Crippen LogP) is 4.74. The van der Waals surface area contributed by atoms with Crippen LogP contribution in [-0.2, 0) is 9.59 Å². The molecule has 0 saturated carbocycles. The number of halogens is 3. The van der Waals surface area contributed by atoms with E-state index in [0.717, 1.165) is 18.2 Å². The van der Waals surface area contributed by atoms with E-state index >= 15 is 4.39 Å². The van der Waals surface area contributed by atoms with Crippen molar-refractivity contribution in [1.29, 1.82) is 0 Å². The fraction of sp³-hybridized carbons (Fsp3) is 0.345. The number of pyridine rings is 2. The lowest BCUT2D eigenvalue weighted by Gasteiger charge is -2.41. The second kappa shape index (κ2) is 11.9. The van der Waals surface area contributed by atoms with Gasteiger partial charge in [0.05, 0.1) is 11.4 Å². The molecule has 10 nitrogen and oxygen atoms in total. The Bertz CT molecular complexity index is 1550.